The lowest BCUT2D eigenvalue weighted by Gasteiger charge is -2.36. The number of nitrogens with two attached hydrogens (primary N) is 1. The molecule has 0 saturated carbocycles. The number of piperazine rings is 2. The second kappa shape index (κ2) is 22.7. The van der Waals surface area contributed by atoms with Crippen molar-refractivity contribution >= 4 is 62.4 Å². The molecule has 3 N–H and O–H groups in total. The number of aromatic amines is 1. The molecule has 7 aromatic rings. The number of nitro benzene ring substituents is 1. The number of nitrogens with one attached hydrogen (secondary N) is 1. The maximum absolute atomic E-state index is 11.2. The van der Waals surface area contributed by atoms with Crippen molar-refractivity contribution in [3.05, 3.63) is 166 Å². The summed E-state index contributed by atoms with van der Waals surface area (Å²) < 4.78 is 10.4. The summed E-state index contributed by atoms with van der Waals surface area (Å²) in [4.78, 5) is 49.4. The van der Waals surface area contributed by atoms with Gasteiger partial charge in [0.25, 0.3) is 11.5 Å². The maximum Gasteiger partial charge on any atom is 0.292 e. The highest BCUT2D eigenvalue weighted by Crippen LogP contribution is 2.36. The van der Waals surface area contributed by atoms with Crippen molar-refractivity contribution in [2.24, 2.45) is 9.98 Å². The number of aromatic nitrogens is 4. The van der Waals surface area contributed by atoms with Crippen LogP contribution in [-0.4, -0.2) is 139 Å². The molecule has 2 fully saturated rings. The Labute approximate surface area is 413 Å². The van der Waals surface area contributed by atoms with Crippen molar-refractivity contribution in [1.82, 2.24) is 29.7 Å². The van der Waals surface area contributed by atoms with E-state index < -0.39 is 4.92 Å². The molecule has 362 valence electrons. The van der Waals surface area contributed by atoms with Gasteiger partial charge in [-0.3, -0.25) is 34.9 Å². The van der Waals surface area contributed by atoms with E-state index >= 15 is 0 Å². The zero-order chi connectivity index (χ0) is 49.1. The number of nitro groups is 1. The van der Waals surface area contributed by atoms with E-state index in [1.54, 1.807) is 44.7 Å². The normalized spacial score (nSPS) is 15.4. The number of anilines is 3. The molecular weight excluding hydrogens is 895 g/mol. The molecule has 4 aromatic carbocycles. The number of pyridine rings is 2. The topological polar surface area (TPSA) is 184 Å². The summed E-state index contributed by atoms with van der Waals surface area (Å²) in [6.07, 6.45) is 5.13. The molecule has 0 aliphatic carbocycles. The van der Waals surface area contributed by atoms with Gasteiger partial charge in [-0.2, -0.15) is 0 Å². The van der Waals surface area contributed by atoms with Crippen LogP contribution in [0.25, 0.3) is 27.3 Å². The molecule has 3 aromatic heterocycles. The van der Waals surface area contributed by atoms with E-state index in [-0.39, 0.29) is 11.4 Å². The van der Waals surface area contributed by atoms with Crippen molar-refractivity contribution in [2.45, 2.75) is 12.8 Å². The number of nitrogen functional groups attached to an aromatic ring is 1. The number of H-pyrrole nitrogens is 1. The Balaban J connectivity index is 0.000000153. The van der Waals surface area contributed by atoms with Gasteiger partial charge in [-0.25, -0.2) is 4.98 Å². The van der Waals surface area contributed by atoms with Crippen molar-refractivity contribution < 1.29 is 14.4 Å². The summed E-state index contributed by atoms with van der Waals surface area (Å²) in [5, 5.41) is 11.2. The Morgan fingerprint density at radius 2 is 1.30 bits per heavy atom. The predicted octanol–water partition coefficient (Wildman–Crippen LogP) is 8.32. The Bertz CT molecular complexity index is 3070. The minimum absolute atomic E-state index is 0.116. The lowest BCUT2D eigenvalue weighted by Crippen LogP contribution is -2.47. The highest BCUT2D eigenvalue weighted by Gasteiger charge is 2.24. The molecule has 2 saturated heterocycles. The third kappa shape index (κ3) is 11.8. The highest BCUT2D eigenvalue weighted by atomic mass is 16.6. The number of benzene rings is 4. The third-order valence-electron chi connectivity index (χ3n) is 13.1. The van der Waals surface area contributed by atoms with Crippen LogP contribution < -0.4 is 15.5 Å². The smallest absolute Gasteiger partial charge is 0.292 e. The fourth-order valence-corrected chi connectivity index (χ4v) is 9.11. The van der Waals surface area contributed by atoms with Gasteiger partial charge in [0.15, 0.2) is 0 Å². The van der Waals surface area contributed by atoms with Crippen molar-refractivity contribution in [3.8, 4) is 11.4 Å². The molecule has 0 unspecified atom stereocenters. The van der Waals surface area contributed by atoms with Gasteiger partial charge < -0.3 is 34.8 Å². The summed E-state index contributed by atoms with van der Waals surface area (Å²) in [7, 11) is 3.50. The van der Waals surface area contributed by atoms with Crippen LogP contribution >= 0.6 is 0 Å². The zero-order valence-electron chi connectivity index (χ0n) is 40.1. The first-order valence-corrected chi connectivity index (χ1v) is 23.8. The van der Waals surface area contributed by atoms with Gasteiger partial charge in [0.1, 0.15) is 17.7 Å². The van der Waals surface area contributed by atoms with Crippen LogP contribution in [0.2, 0.25) is 0 Å². The molecule has 0 amide bonds. The van der Waals surface area contributed by atoms with Gasteiger partial charge in [-0.15, -0.1) is 4.98 Å². The molecule has 0 radical (unpaired) electrons. The van der Waals surface area contributed by atoms with Crippen LogP contribution in [0.1, 0.15) is 22.4 Å². The first-order chi connectivity index (χ1) is 34.7. The molecule has 7 heterocycles. The standard InChI is InChI=1S/C28H29N5O.C20H24N6O3.C6H4N2/c1-34-15-14-32-10-12-33(13-11-32)23-6-8-25-22(17-23)18-27(30-25)20-5-7-24-21(16-20)19-28(31-24)26-4-2-3-9-29-26;1-29-11-10-24-6-8-25(9-7-24)15-3-5-17-18(13-15)23-20(22-17)14-2-4-16(21)19(12-14)26(27)28;1-7-6-4-2-3-5-8-6/h2-9,16-17H,10-15,18-19H2,1H3;2-5,12-13H,6-11,21H2,1H3,(H,22,23);2-5H. The van der Waals surface area contributed by atoms with Crippen LogP contribution in [0.5, 0.6) is 0 Å². The Kier molecular flexibility index (Phi) is 15.4. The number of fused-ring (bicyclic) bond motifs is 3. The maximum atomic E-state index is 11.2. The number of nitrogens with zero attached hydrogens (tertiary/aromatic N) is 11. The largest absolute Gasteiger partial charge is 0.393 e. The van der Waals surface area contributed by atoms with E-state index in [0.717, 1.165) is 137 Å². The summed E-state index contributed by atoms with van der Waals surface area (Å²) in [6, 6.07) is 35.4. The van der Waals surface area contributed by atoms with Gasteiger partial charge in [0, 0.05) is 122 Å². The molecule has 17 heteroatoms. The number of methoxy groups -OCH3 is 2. The van der Waals surface area contributed by atoms with Crippen molar-refractivity contribution in [1.29, 1.82) is 0 Å². The van der Waals surface area contributed by atoms with E-state index in [0.29, 0.717) is 17.2 Å². The van der Waals surface area contributed by atoms with Gasteiger partial charge in [-0.05, 0) is 102 Å². The fourth-order valence-electron chi connectivity index (χ4n) is 9.11. The first kappa shape index (κ1) is 48.2. The molecule has 0 bridgehead atoms. The molecule has 0 spiro atoms. The van der Waals surface area contributed by atoms with Gasteiger partial charge in [-0.1, -0.05) is 24.8 Å². The fraction of sp³-hybridized carbons (Fsp3) is 0.296. The van der Waals surface area contributed by atoms with Crippen LogP contribution in [0.15, 0.2) is 132 Å². The Hall–Kier alpha value is -7.88. The molecule has 4 aliphatic rings. The Morgan fingerprint density at radius 1 is 0.690 bits per heavy atom. The number of hydrogen-bond donors (Lipinski definition) is 2. The Morgan fingerprint density at radius 3 is 1.92 bits per heavy atom. The quantitative estimate of drug-likeness (QED) is 0.0518. The minimum Gasteiger partial charge on any atom is -0.393 e. The number of ether oxygens (including phenoxy) is 2. The molecule has 11 rings (SSSR count). The zero-order valence-corrected chi connectivity index (χ0v) is 40.1. The van der Waals surface area contributed by atoms with E-state index in [2.05, 4.69) is 92.9 Å². The van der Waals surface area contributed by atoms with Crippen LogP contribution in [0.4, 0.5) is 39.9 Å². The number of rotatable bonds is 12. The van der Waals surface area contributed by atoms with Gasteiger partial charge in [0.2, 0.25) is 0 Å². The van der Waals surface area contributed by atoms with Gasteiger partial charge in [0.05, 0.1) is 57.7 Å². The second-order valence-corrected chi connectivity index (χ2v) is 17.6. The third-order valence-corrected chi connectivity index (χ3v) is 13.1. The van der Waals surface area contributed by atoms with E-state index in [9.17, 15) is 10.1 Å². The predicted molar refractivity (Wildman–Crippen MR) is 281 cm³/mol. The van der Waals surface area contributed by atoms with E-state index in [1.165, 1.54) is 34.5 Å². The number of hydrogen-bond acceptors (Lipinski definition) is 14. The summed E-state index contributed by atoms with van der Waals surface area (Å²) in [6.45, 7) is 18.2. The summed E-state index contributed by atoms with van der Waals surface area (Å²) in [5.74, 6) is 1.04. The minimum atomic E-state index is -0.480. The number of aliphatic imine (C=N–C) groups is 2. The molecule has 4 aliphatic heterocycles. The lowest BCUT2D eigenvalue weighted by atomic mass is 9.99. The first-order valence-electron chi connectivity index (χ1n) is 23.8. The highest BCUT2D eigenvalue weighted by molar-refractivity contribution is 6.09. The SMILES string of the molecule is COCCN1CCN(c2ccc3c(c2)CC(c2ccc4c(c2)CC(c2ccccn2)=N4)=N3)CC1.COCCN1CCN(c2ccc3nc(-c4ccc(N)c([N+](=O)[O-])c4)[nH]c3c2)CC1.[C-]#[N+]c1ccccn1. The number of imidazole rings is 1. The monoisotopic (exact) mass is 951 g/mol. The average Bonchev–Trinajstić information content (AvgIpc) is 4.18. The van der Waals surface area contributed by atoms with Crippen LogP contribution in [0.3, 0.4) is 0 Å². The van der Waals surface area contributed by atoms with Crippen molar-refractivity contribution in [3.63, 3.8) is 0 Å². The van der Waals surface area contributed by atoms with E-state index in [4.69, 9.17) is 31.8 Å². The molecular formula is C54H57N13O4. The summed E-state index contributed by atoms with van der Waals surface area (Å²) in [5.41, 5.74) is 19.6. The van der Waals surface area contributed by atoms with Crippen LogP contribution in [0, 0.1) is 16.7 Å². The molecule has 0 atom stereocenters. The van der Waals surface area contributed by atoms with Crippen LogP contribution in [-0.2, 0) is 22.3 Å². The average molecular weight is 952 g/mol. The lowest BCUT2D eigenvalue weighted by molar-refractivity contribution is -0.383. The van der Waals surface area contributed by atoms with E-state index in [1.807, 2.05) is 30.5 Å². The van der Waals surface area contributed by atoms with Crippen molar-refractivity contribution in [2.75, 3.05) is 108 Å². The second-order valence-electron chi connectivity index (χ2n) is 17.6. The van der Waals surface area contributed by atoms with Gasteiger partial charge >= 0.3 is 0 Å². The summed E-state index contributed by atoms with van der Waals surface area (Å²) >= 11 is 0. The molecule has 71 heavy (non-hydrogen) atoms. The molecule has 17 nitrogen and oxygen atoms in total.